The van der Waals surface area contributed by atoms with Crippen LogP contribution in [0.5, 0.6) is 0 Å². The van der Waals surface area contributed by atoms with E-state index in [4.69, 9.17) is 15.1 Å². The molecule has 0 saturated heterocycles. The maximum Gasteiger partial charge on any atom is 0.142 e. The first-order chi connectivity index (χ1) is 7.74. The number of hydrogen-bond donors (Lipinski definition) is 3. The highest BCUT2D eigenvalue weighted by Crippen LogP contribution is 2.00. The van der Waals surface area contributed by atoms with Crippen molar-refractivity contribution in [1.29, 1.82) is 0 Å². The molecule has 0 bridgehead atoms. The standard InChI is InChI=1S/C11H15NO4/c13-7-11(15)10(14)6-12-16-8-9-4-2-1-3-5-9/h1-6,10-11,13-15H,7-8H2/t10-,11+/m0/s1. The molecule has 0 aromatic heterocycles. The summed E-state index contributed by atoms with van der Waals surface area (Å²) >= 11 is 0. The first-order valence-corrected chi connectivity index (χ1v) is 4.90. The van der Waals surface area contributed by atoms with Gasteiger partial charge in [-0.15, -0.1) is 0 Å². The van der Waals surface area contributed by atoms with Gasteiger partial charge < -0.3 is 20.2 Å². The molecule has 0 unspecified atom stereocenters. The maximum atomic E-state index is 9.18. The average Bonchev–Trinajstić information content (AvgIpc) is 2.34. The van der Waals surface area contributed by atoms with Crippen LogP contribution in [0, 0.1) is 0 Å². The lowest BCUT2D eigenvalue weighted by molar-refractivity contribution is 0.0180. The zero-order valence-corrected chi connectivity index (χ0v) is 8.73. The molecule has 5 nitrogen and oxygen atoms in total. The molecular formula is C11H15NO4. The van der Waals surface area contributed by atoms with Gasteiger partial charge in [0.15, 0.2) is 0 Å². The molecule has 0 aliphatic heterocycles. The van der Waals surface area contributed by atoms with Gasteiger partial charge in [-0.3, -0.25) is 0 Å². The number of oxime groups is 1. The third-order valence-corrected chi connectivity index (χ3v) is 1.94. The predicted molar refractivity (Wildman–Crippen MR) is 58.8 cm³/mol. The maximum absolute atomic E-state index is 9.18. The van der Waals surface area contributed by atoms with Gasteiger partial charge in [-0.05, 0) is 5.56 Å². The average molecular weight is 225 g/mol. The van der Waals surface area contributed by atoms with Crippen LogP contribution < -0.4 is 0 Å². The lowest BCUT2D eigenvalue weighted by atomic mass is 10.2. The zero-order valence-electron chi connectivity index (χ0n) is 8.73. The van der Waals surface area contributed by atoms with Crippen molar-refractivity contribution in [2.24, 2.45) is 5.16 Å². The number of rotatable bonds is 6. The van der Waals surface area contributed by atoms with Crippen molar-refractivity contribution in [3.8, 4) is 0 Å². The van der Waals surface area contributed by atoms with E-state index >= 15 is 0 Å². The molecule has 2 atom stereocenters. The zero-order chi connectivity index (χ0) is 11.8. The Hall–Kier alpha value is -1.43. The molecule has 3 N–H and O–H groups in total. The molecule has 1 aromatic carbocycles. The summed E-state index contributed by atoms with van der Waals surface area (Å²) in [5.41, 5.74) is 0.955. The quantitative estimate of drug-likeness (QED) is 0.466. The van der Waals surface area contributed by atoms with Crippen LogP contribution in [-0.2, 0) is 11.4 Å². The van der Waals surface area contributed by atoms with Crippen molar-refractivity contribution >= 4 is 6.21 Å². The fraction of sp³-hybridized carbons (Fsp3) is 0.364. The second-order valence-electron chi connectivity index (χ2n) is 3.25. The largest absolute Gasteiger partial charge is 0.394 e. The van der Waals surface area contributed by atoms with Crippen molar-refractivity contribution < 1.29 is 20.2 Å². The third-order valence-electron chi connectivity index (χ3n) is 1.94. The lowest BCUT2D eigenvalue weighted by Crippen LogP contribution is -2.30. The minimum absolute atomic E-state index is 0.291. The van der Waals surface area contributed by atoms with Crippen molar-refractivity contribution in [1.82, 2.24) is 0 Å². The minimum Gasteiger partial charge on any atom is -0.394 e. The second-order valence-corrected chi connectivity index (χ2v) is 3.25. The van der Waals surface area contributed by atoms with E-state index in [1.54, 1.807) is 0 Å². The highest BCUT2D eigenvalue weighted by Gasteiger charge is 2.11. The van der Waals surface area contributed by atoms with E-state index in [1.165, 1.54) is 0 Å². The van der Waals surface area contributed by atoms with E-state index in [0.29, 0.717) is 6.61 Å². The molecule has 88 valence electrons. The van der Waals surface area contributed by atoms with Crippen molar-refractivity contribution in [3.63, 3.8) is 0 Å². The predicted octanol–water partition coefficient (Wildman–Crippen LogP) is -0.0969. The van der Waals surface area contributed by atoms with E-state index in [2.05, 4.69) is 5.16 Å². The van der Waals surface area contributed by atoms with Crippen molar-refractivity contribution in [2.45, 2.75) is 18.8 Å². The summed E-state index contributed by atoms with van der Waals surface area (Å²) in [6.07, 6.45) is -1.41. The van der Waals surface area contributed by atoms with Gasteiger partial charge in [-0.25, -0.2) is 0 Å². The fourth-order valence-electron chi connectivity index (χ4n) is 0.999. The molecule has 5 heteroatoms. The van der Waals surface area contributed by atoms with Gasteiger partial charge in [-0.1, -0.05) is 35.5 Å². The summed E-state index contributed by atoms with van der Waals surface area (Å²) in [5.74, 6) is 0. The molecule has 1 aromatic rings. The second kappa shape index (κ2) is 6.95. The highest BCUT2D eigenvalue weighted by atomic mass is 16.6. The van der Waals surface area contributed by atoms with Gasteiger partial charge >= 0.3 is 0 Å². The van der Waals surface area contributed by atoms with E-state index in [9.17, 15) is 5.11 Å². The molecule has 0 aliphatic carbocycles. The van der Waals surface area contributed by atoms with Crippen LogP contribution in [0.4, 0.5) is 0 Å². The van der Waals surface area contributed by atoms with Crippen LogP contribution in [0.1, 0.15) is 5.56 Å². The fourth-order valence-corrected chi connectivity index (χ4v) is 0.999. The molecule has 0 radical (unpaired) electrons. The Morgan fingerprint density at radius 3 is 2.56 bits per heavy atom. The SMILES string of the molecule is OC[C@@H](O)[C@@H](O)C=NOCc1ccccc1. The smallest absolute Gasteiger partial charge is 0.142 e. The van der Waals surface area contributed by atoms with E-state index < -0.39 is 18.8 Å². The monoisotopic (exact) mass is 225 g/mol. The topological polar surface area (TPSA) is 82.3 Å². The van der Waals surface area contributed by atoms with Gasteiger partial charge in [0.2, 0.25) is 0 Å². The molecule has 0 amide bonds. The summed E-state index contributed by atoms with van der Waals surface area (Å²) in [6, 6.07) is 9.43. The van der Waals surface area contributed by atoms with Gasteiger partial charge in [0.25, 0.3) is 0 Å². The number of benzene rings is 1. The van der Waals surface area contributed by atoms with Crippen LogP contribution in [-0.4, -0.2) is 40.3 Å². The Kier molecular flexibility index (Phi) is 5.49. The van der Waals surface area contributed by atoms with Gasteiger partial charge in [0.1, 0.15) is 18.8 Å². The summed E-state index contributed by atoms with van der Waals surface area (Å²) in [4.78, 5) is 4.90. The summed E-state index contributed by atoms with van der Waals surface area (Å²) in [7, 11) is 0. The summed E-state index contributed by atoms with van der Waals surface area (Å²) in [6.45, 7) is -0.231. The van der Waals surface area contributed by atoms with E-state index in [1.807, 2.05) is 30.3 Å². The molecule has 0 aliphatic rings. The number of aliphatic hydroxyl groups excluding tert-OH is 3. The van der Waals surface area contributed by atoms with Crippen LogP contribution in [0.3, 0.4) is 0 Å². The first kappa shape index (κ1) is 12.6. The molecular weight excluding hydrogens is 210 g/mol. The van der Waals surface area contributed by atoms with Gasteiger partial charge in [0.05, 0.1) is 12.8 Å². The molecule has 0 fully saturated rings. The van der Waals surface area contributed by atoms with E-state index in [0.717, 1.165) is 11.8 Å². The summed E-state index contributed by atoms with van der Waals surface area (Å²) < 4.78 is 0. The van der Waals surface area contributed by atoms with Crippen LogP contribution >= 0.6 is 0 Å². The lowest BCUT2D eigenvalue weighted by Gasteiger charge is -2.09. The first-order valence-electron chi connectivity index (χ1n) is 4.90. The number of nitrogens with zero attached hydrogens (tertiary/aromatic N) is 1. The molecule has 1 rings (SSSR count). The van der Waals surface area contributed by atoms with Crippen molar-refractivity contribution in [3.05, 3.63) is 35.9 Å². The molecule has 0 saturated carbocycles. The van der Waals surface area contributed by atoms with E-state index in [-0.39, 0.29) is 0 Å². The summed E-state index contributed by atoms with van der Waals surface area (Å²) in [5, 5.41) is 30.2. The Bertz CT molecular complexity index is 315. The van der Waals surface area contributed by atoms with Crippen LogP contribution in [0.25, 0.3) is 0 Å². The van der Waals surface area contributed by atoms with Crippen LogP contribution in [0.2, 0.25) is 0 Å². The molecule has 0 heterocycles. The molecule has 16 heavy (non-hydrogen) atoms. The normalized spacial score (nSPS) is 14.9. The highest BCUT2D eigenvalue weighted by molar-refractivity contribution is 5.62. The minimum atomic E-state index is -1.23. The number of hydrogen-bond acceptors (Lipinski definition) is 5. The third kappa shape index (κ3) is 4.39. The van der Waals surface area contributed by atoms with Gasteiger partial charge in [-0.2, -0.15) is 0 Å². The Morgan fingerprint density at radius 2 is 1.94 bits per heavy atom. The Labute approximate surface area is 93.6 Å². The number of aliphatic hydroxyl groups is 3. The van der Waals surface area contributed by atoms with Crippen LogP contribution in [0.15, 0.2) is 35.5 Å². The Morgan fingerprint density at radius 1 is 1.25 bits per heavy atom. The molecule has 0 spiro atoms. The van der Waals surface area contributed by atoms with Crippen molar-refractivity contribution in [2.75, 3.05) is 6.61 Å². The van der Waals surface area contributed by atoms with Gasteiger partial charge in [0, 0.05) is 0 Å². The Balaban J connectivity index is 2.27.